The summed E-state index contributed by atoms with van der Waals surface area (Å²) < 4.78 is 5.18. The van der Waals surface area contributed by atoms with Crippen LogP contribution in [0.25, 0.3) is 11.4 Å². The Kier molecular flexibility index (Phi) is 4.91. The van der Waals surface area contributed by atoms with E-state index < -0.39 is 0 Å². The number of aryl methyl sites for hydroxylation is 1. The molecule has 5 nitrogen and oxygen atoms in total. The van der Waals surface area contributed by atoms with Gasteiger partial charge in [0.2, 0.25) is 0 Å². The molecule has 0 amide bonds. The number of likely N-dealkylation sites (tertiary alicyclic amines) is 1. The highest BCUT2D eigenvalue weighted by molar-refractivity contribution is 5.55. The molecule has 1 N–H and O–H groups in total. The van der Waals surface area contributed by atoms with Crippen LogP contribution in [0.15, 0.2) is 54.7 Å². The first-order chi connectivity index (χ1) is 14.7. The molecule has 1 fully saturated rings. The molecule has 3 aromatic rings. The van der Waals surface area contributed by atoms with Gasteiger partial charge in [0.25, 0.3) is 0 Å². The monoisotopic (exact) mass is 401 g/mol. The van der Waals surface area contributed by atoms with E-state index in [9.17, 15) is 5.11 Å². The summed E-state index contributed by atoms with van der Waals surface area (Å²) in [5, 5.41) is 10.1. The summed E-state index contributed by atoms with van der Waals surface area (Å²) in [6.07, 6.45) is 6.57. The van der Waals surface area contributed by atoms with Crippen molar-refractivity contribution in [1.82, 2.24) is 14.9 Å². The van der Waals surface area contributed by atoms with Crippen LogP contribution in [0.2, 0.25) is 0 Å². The van der Waals surface area contributed by atoms with Gasteiger partial charge in [0.15, 0.2) is 17.3 Å². The highest BCUT2D eigenvalue weighted by atomic mass is 16.5. The minimum Gasteiger partial charge on any atom is -0.504 e. The molecule has 1 unspecified atom stereocenters. The van der Waals surface area contributed by atoms with Crippen molar-refractivity contribution in [2.24, 2.45) is 0 Å². The van der Waals surface area contributed by atoms with Gasteiger partial charge in [0.05, 0.1) is 12.8 Å². The van der Waals surface area contributed by atoms with Gasteiger partial charge < -0.3 is 9.84 Å². The number of hydrogen-bond acceptors (Lipinski definition) is 5. The third-order valence-corrected chi connectivity index (χ3v) is 6.58. The highest BCUT2D eigenvalue weighted by Gasteiger charge is 2.43. The standard InChI is InChI=1S/C25H27N3O2/c1-30-22-9-8-18(14-21(22)29)16-28-13-5-11-25(17-28)12-10-20-15-26-24(27-23(20)25)19-6-3-2-4-7-19/h2-4,6-9,14-15,29H,5,10-13,16-17H2,1H3. The fourth-order valence-corrected chi connectivity index (χ4v) is 5.12. The van der Waals surface area contributed by atoms with E-state index in [0.29, 0.717) is 5.75 Å². The van der Waals surface area contributed by atoms with Crippen molar-refractivity contribution in [3.05, 3.63) is 71.5 Å². The maximum atomic E-state index is 10.1. The molecule has 154 valence electrons. The van der Waals surface area contributed by atoms with Gasteiger partial charge in [0, 0.05) is 30.3 Å². The molecule has 5 rings (SSSR count). The van der Waals surface area contributed by atoms with Crippen molar-refractivity contribution in [1.29, 1.82) is 0 Å². The average Bonchev–Trinajstić information content (AvgIpc) is 3.11. The Hall–Kier alpha value is -2.92. The Morgan fingerprint density at radius 3 is 2.80 bits per heavy atom. The summed E-state index contributed by atoms with van der Waals surface area (Å²) in [5.41, 5.74) is 4.84. The van der Waals surface area contributed by atoms with E-state index in [1.165, 1.54) is 17.7 Å². The Morgan fingerprint density at radius 1 is 1.13 bits per heavy atom. The second kappa shape index (κ2) is 7.73. The minimum atomic E-state index is 0.106. The van der Waals surface area contributed by atoms with Gasteiger partial charge >= 0.3 is 0 Å². The van der Waals surface area contributed by atoms with Crippen LogP contribution >= 0.6 is 0 Å². The summed E-state index contributed by atoms with van der Waals surface area (Å²) in [4.78, 5) is 12.2. The lowest BCUT2D eigenvalue weighted by Crippen LogP contribution is -2.45. The lowest BCUT2D eigenvalue weighted by molar-refractivity contribution is 0.136. The van der Waals surface area contributed by atoms with E-state index in [2.05, 4.69) is 22.0 Å². The fraction of sp³-hybridized carbons (Fsp3) is 0.360. The van der Waals surface area contributed by atoms with E-state index >= 15 is 0 Å². The quantitative estimate of drug-likeness (QED) is 0.705. The van der Waals surface area contributed by atoms with Gasteiger partial charge in [0.1, 0.15) is 0 Å². The van der Waals surface area contributed by atoms with Crippen LogP contribution in [0.5, 0.6) is 11.5 Å². The van der Waals surface area contributed by atoms with Crippen molar-refractivity contribution in [2.75, 3.05) is 20.2 Å². The molecule has 0 bridgehead atoms. The molecule has 2 heterocycles. The molecule has 1 aliphatic carbocycles. The van der Waals surface area contributed by atoms with Crippen LogP contribution in [-0.4, -0.2) is 40.2 Å². The summed E-state index contributed by atoms with van der Waals surface area (Å²) in [6, 6.07) is 15.9. The molecular formula is C25H27N3O2. The molecule has 30 heavy (non-hydrogen) atoms. The summed E-state index contributed by atoms with van der Waals surface area (Å²) in [6.45, 7) is 2.89. The van der Waals surface area contributed by atoms with Gasteiger partial charge in [-0.1, -0.05) is 36.4 Å². The number of aromatic nitrogens is 2. The van der Waals surface area contributed by atoms with Gasteiger partial charge in [-0.05, 0) is 55.5 Å². The number of methoxy groups -OCH3 is 1. The van der Waals surface area contributed by atoms with Crippen molar-refractivity contribution >= 4 is 0 Å². The lowest BCUT2D eigenvalue weighted by Gasteiger charge is -2.40. The summed E-state index contributed by atoms with van der Waals surface area (Å²) >= 11 is 0. The smallest absolute Gasteiger partial charge is 0.160 e. The topological polar surface area (TPSA) is 58.5 Å². The number of piperidine rings is 1. The zero-order valence-corrected chi connectivity index (χ0v) is 17.3. The first-order valence-corrected chi connectivity index (χ1v) is 10.7. The second-order valence-corrected chi connectivity index (χ2v) is 8.53. The molecule has 2 aromatic carbocycles. The molecule has 2 aliphatic rings. The first-order valence-electron chi connectivity index (χ1n) is 10.7. The van der Waals surface area contributed by atoms with E-state index in [1.54, 1.807) is 7.11 Å². The molecule has 0 radical (unpaired) electrons. The number of nitrogens with zero attached hydrogens (tertiary/aromatic N) is 3. The SMILES string of the molecule is COc1ccc(CN2CCCC3(CCc4cnc(-c5ccccc5)nc43)C2)cc1O. The van der Waals surface area contributed by atoms with Gasteiger partial charge in [-0.3, -0.25) is 4.90 Å². The van der Waals surface area contributed by atoms with Crippen LogP contribution in [0.1, 0.15) is 36.1 Å². The van der Waals surface area contributed by atoms with E-state index in [1.807, 2.05) is 42.6 Å². The zero-order chi connectivity index (χ0) is 20.6. The number of phenols is 1. The molecule has 0 saturated carbocycles. The van der Waals surface area contributed by atoms with Crippen molar-refractivity contribution in [3.63, 3.8) is 0 Å². The van der Waals surface area contributed by atoms with Gasteiger partial charge in [-0.15, -0.1) is 0 Å². The number of fused-ring (bicyclic) bond motifs is 2. The van der Waals surface area contributed by atoms with Crippen LogP contribution < -0.4 is 4.74 Å². The normalized spacial score (nSPS) is 21.0. The van der Waals surface area contributed by atoms with E-state index in [-0.39, 0.29) is 11.2 Å². The van der Waals surface area contributed by atoms with Crippen LogP contribution in [0.3, 0.4) is 0 Å². The lowest BCUT2D eigenvalue weighted by atomic mass is 9.77. The van der Waals surface area contributed by atoms with Gasteiger partial charge in [-0.2, -0.15) is 0 Å². The number of aromatic hydroxyl groups is 1. The fourth-order valence-electron chi connectivity index (χ4n) is 5.12. The Labute approximate surface area is 177 Å². The maximum absolute atomic E-state index is 10.1. The molecule has 1 atom stereocenters. The Bertz CT molecular complexity index is 1050. The largest absolute Gasteiger partial charge is 0.504 e. The zero-order valence-electron chi connectivity index (χ0n) is 17.3. The Balaban J connectivity index is 1.40. The van der Waals surface area contributed by atoms with Crippen LogP contribution in [-0.2, 0) is 18.4 Å². The van der Waals surface area contributed by atoms with E-state index in [4.69, 9.17) is 9.72 Å². The number of benzene rings is 2. The predicted octanol–water partition coefficient (Wildman–Crippen LogP) is 4.34. The second-order valence-electron chi connectivity index (χ2n) is 8.53. The van der Waals surface area contributed by atoms with Gasteiger partial charge in [-0.25, -0.2) is 9.97 Å². The molecule has 5 heteroatoms. The minimum absolute atomic E-state index is 0.106. The highest BCUT2D eigenvalue weighted by Crippen LogP contribution is 2.44. The van der Waals surface area contributed by atoms with E-state index in [0.717, 1.165) is 55.8 Å². The molecule has 1 aliphatic heterocycles. The van der Waals surface area contributed by atoms with Crippen molar-refractivity contribution in [3.8, 4) is 22.9 Å². The number of hydrogen-bond donors (Lipinski definition) is 1. The maximum Gasteiger partial charge on any atom is 0.160 e. The Morgan fingerprint density at radius 2 is 2.00 bits per heavy atom. The molecule has 1 saturated heterocycles. The molecule has 1 aromatic heterocycles. The predicted molar refractivity (Wildman–Crippen MR) is 117 cm³/mol. The third kappa shape index (κ3) is 3.43. The average molecular weight is 402 g/mol. The third-order valence-electron chi connectivity index (χ3n) is 6.58. The summed E-state index contributed by atoms with van der Waals surface area (Å²) in [7, 11) is 1.58. The summed E-state index contributed by atoms with van der Waals surface area (Å²) in [5.74, 6) is 1.55. The van der Waals surface area contributed by atoms with Crippen LogP contribution in [0, 0.1) is 0 Å². The van der Waals surface area contributed by atoms with Crippen LogP contribution in [0.4, 0.5) is 0 Å². The number of phenolic OH excluding ortho intramolecular Hbond substituents is 1. The van der Waals surface area contributed by atoms with Crippen molar-refractivity contribution in [2.45, 2.75) is 37.6 Å². The van der Waals surface area contributed by atoms with Crippen molar-refractivity contribution < 1.29 is 9.84 Å². The number of rotatable bonds is 4. The first kappa shape index (κ1) is 19.1. The molecule has 1 spiro atoms. The molecular weight excluding hydrogens is 374 g/mol. The number of ether oxygens (including phenoxy) is 1.